The van der Waals surface area contributed by atoms with Gasteiger partial charge in [0, 0.05) is 37.7 Å². The number of carbonyl (C=O) groups excluding carboxylic acids is 1. The first-order valence-corrected chi connectivity index (χ1v) is 11.7. The number of carbonyl (C=O) groups is 1. The number of aromatic nitrogens is 1. The zero-order valence-electron chi connectivity index (χ0n) is 19.4. The first kappa shape index (κ1) is 25.4. The summed E-state index contributed by atoms with van der Waals surface area (Å²) in [6.45, 7) is 1.39. The number of hydrogen-bond acceptors (Lipinski definition) is 5. The SMILES string of the molecule is CC(=O)N[C@@H](Cc1cccc(F)c1)[C@@H](O)CN[C@H]1CC2(CCC2)Oc2ncc(CC(F)(F)F)cc21. The van der Waals surface area contributed by atoms with E-state index in [1.807, 2.05) is 0 Å². The maximum atomic E-state index is 13.6. The molecule has 3 atom stereocenters. The van der Waals surface area contributed by atoms with Crippen molar-refractivity contribution in [3.8, 4) is 5.88 Å². The lowest BCUT2D eigenvalue weighted by atomic mass is 9.73. The summed E-state index contributed by atoms with van der Waals surface area (Å²) in [5.41, 5.74) is 0.776. The molecule has 0 bridgehead atoms. The molecule has 4 rings (SSSR count). The molecule has 1 aliphatic heterocycles. The van der Waals surface area contributed by atoms with Crippen LogP contribution in [0, 0.1) is 5.82 Å². The van der Waals surface area contributed by atoms with Crippen molar-refractivity contribution in [2.24, 2.45) is 0 Å². The molecule has 1 aromatic carbocycles. The van der Waals surface area contributed by atoms with Crippen LogP contribution in [0.5, 0.6) is 5.88 Å². The van der Waals surface area contributed by atoms with Gasteiger partial charge >= 0.3 is 6.18 Å². The third-order valence-electron chi connectivity index (χ3n) is 6.64. The minimum Gasteiger partial charge on any atom is -0.471 e. The van der Waals surface area contributed by atoms with E-state index in [1.165, 1.54) is 31.3 Å². The van der Waals surface area contributed by atoms with Gasteiger partial charge in [-0.2, -0.15) is 13.2 Å². The Hall–Kier alpha value is -2.72. The monoisotopic (exact) mass is 495 g/mol. The van der Waals surface area contributed by atoms with Crippen molar-refractivity contribution in [3.63, 3.8) is 0 Å². The first-order valence-electron chi connectivity index (χ1n) is 11.7. The summed E-state index contributed by atoms with van der Waals surface area (Å²) in [6.07, 6.45) is -1.88. The normalized spacial score (nSPS) is 20.3. The summed E-state index contributed by atoms with van der Waals surface area (Å²) in [5.74, 6) is -0.438. The molecule has 1 saturated carbocycles. The first-order chi connectivity index (χ1) is 16.5. The van der Waals surface area contributed by atoms with Gasteiger partial charge < -0.3 is 20.5 Å². The van der Waals surface area contributed by atoms with E-state index in [1.54, 1.807) is 12.1 Å². The van der Waals surface area contributed by atoms with E-state index in [2.05, 4.69) is 15.6 Å². The predicted octanol–water partition coefficient (Wildman–Crippen LogP) is 3.77. The van der Waals surface area contributed by atoms with E-state index in [0.29, 0.717) is 23.4 Å². The summed E-state index contributed by atoms with van der Waals surface area (Å²) >= 11 is 0. The topological polar surface area (TPSA) is 83.5 Å². The van der Waals surface area contributed by atoms with Crippen LogP contribution in [0.4, 0.5) is 17.6 Å². The van der Waals surface area contributed by atoms with Crippen molar-refractivity contribution in [3.05, 3.63) is 59.0 Å². The molecular formula is C25H29F4N3O3. The maximum absolute atomic E-state index is 13.6. The molecule has 35 heavy (non-hydrogen) atoms. The fraction of sp³-hybridized carbons (Fsp3) is 0.520. The molecular weight excluding hydrogens is 466 g/mol. The standard InChI is InChI=1S/C25H29F4N3O3/c1-15(33)32-20(10-16-4-2-5-18(26)8-16)22(34)14-30-21-12-24(6-3-7-24)35-23-19(21)9-17(13-31-23)11-25(27,28)29/h2,4-5,8-9,13,20-22,30,34H,3,6-7,10-12,14H2,1H3,(H,32,33)/t20-,21-,22-/m0/s1. The Morgan fingerprint density at radius 1 is 1.29 bits per heavy atom. The number of alkyl halides is 3. The molecule has 0 radical (unpaired) electrons. The summed E-state index contributed by atoms with van der Waals surface area (Å²) in [7, 11) is 0. The lowest BCUT2D eigenvalue weighted by molar-refractivity contribution is -0.127. The second-order valence-electron chi connectivity index (χ2n) is 9.54. The van der Waals surface area contributed by atoms with Crippen molar-refractivity contribution in [1.29, 1.82) is 0 Å². The van der Waals surface area contributed by atoms with Crippen LogP contribution in [-0.4, -0.2) is 46.5 Å². The van der Waals surface area contributed by atoms with Crippen LogP contribution >= 0.6 is 0 Å². The number of fused-ring (bicyclic) bond motifs is 1. The molecule has 2 heterocycles. The minimum absolute atomic E-state index is 0.0407. The number of halogens is 4. The molecule has 190 valence electrons. The van der Waals surface area contributed by atoms with Gasteiger partial charge in [-0.05, 0) is 55.0 Å². The third-order valence-corrected chi connectivity index (χ3v) is 6.64. The van der Waals surface area contributed by atoms with Gasteiger partial charge in [-0.25, -0.2) is 9.37 Å². The second-order valence-corrected chi connectivity index (χ2v) is 9.54. The number of aliphatic hydroxyl groups is 1. The van der Waals surface area contributed by atoms with Gasteiger partial charge in [-0.15, -0.1) is 0 Å². The Bertz CT molecular complexity index is 1060. The van der Waals surface area contributed by atoms with Crippen molar-refractivity contribution in [1.82, 2.24) is 15.6 Å². The summed E-state index contributed by atoms with van der Waals surface area (Å²) in [6, 6.07) is 6.33. The highest BCUT2D eigenvalue weighted by Crippen LogP contribution is 2.48. The zero-order valence-corrected chi connectivity index (χ0v) is 19.4. The summed E-state index contributed by atoms with van der Waals surface area (Å²) < 4.78 is 58.5. The minimum atomic E-state index is -4.36. The van der Waals surface area contributed by atoms with Crippen LogP contribution in [-0.2, 0) is 17.6 Å². The lowest BCUT2D eigenvalue weighted by Gasteiger charge is -2.47. The van der Waals surface area contributed by atoms with Crippen LogP contribution in [0.15, 0.2) is 36.5 Å². The van der Waals surface area contributed by atoms with Crippen LogP contribution in [0.2, 0.25) is 0 Å². The van der Waals surface area contributed by atoms with Crippen LogP contribution in [0.25, 0.3) is 0 Å². The molecule has 1 aliphatic carbocycles. The number of hydrogen-bond donors (Lipinski definition) is 3. The van der Waals surface area contributed by atoms with Gasteiger partial charge in [-0.3, -0.25) is 4.79 Å². The van der Waals surface area contributed by atoms with Crippen LogP contribution < -0.4 is 15.4 Å². The number of nitrogens with zero attached hydrogens (tertiary/aromatic N) is 1. The molecule has 2 aromatic rings. The summed E-state index contributed by atoms with van der Waals surface area (Å²) in [5, 5.41) is 16.9. The van der Waals surface area contributed by atoms with E-state index >= 15 is 0 Å². The molecule has 1 spiro atoms. The van der Waals surface area contributed by atoms with Crippen LogP contribution in [0.1, 0.15) is 55.3 Å². The van der Waals surface area contributed by atoms with Gasteiger partial charge in [0.25, 0.3) is 0 Å². The predicted molar refractivity (Wildman–Crippen MR) is 120 cm³/mol. The molecule has 6 nitrogen and oxygen atoms in total. The zero-order chi connectivity index (χ0) is 25.2. The van der Waals surface area contributed by atoms with E-state index in [9.17, 15) is 27.5 Å². The number of aliphatic hydroxyl groups excluding tert-OH is 1. The Morgan fingerprint density at radius 2 is 2.06 bits per heavy atom. The Balaban J connectivity index is 1.50. The average molecular weight is 496 g/mol. The number of amides is 1. The fourth-order valence-electron chi connectivity index (χ4n) is 4.83. The quantitative estimate of drug-likeness (QED) is 0.486. The fourth-order valence-corrected chi connectivity index (χ4v) is 4.83. The van der Waals surface area contributed by atoms with Crippen molar-refractivity contribution < 1.29 is 32.2 Å². The molecule has 0 saturated heterocycles. The number of rotatable bonds is 8. The molecule has 1 aromatic heterocycles. The molecule has 2 aliphatic rings. The van der Waals surface area contributed by atoms with Crippen molar-refractivity contribution >= 4 is 5.91 Å². The molecule has 3 N–H and O–H groups in total. The summed E-state index contributed by atoms with van der Waals surface area (Å²) in [4.78, 5) is 15.9. The number of benzene rings is 1. The van der Waals surface area contributed by atoms with Crippen molar-refractivity contribution in [2.75, 3.05) is 6.54 Å². The van der Waals surface area contributed by atoms with E-state index in [4.69, 9.17) is 4.74 Å². The number of ether oxygens (including phenoxy) is 1. The maximum Gasteiger partial charge on any atom is 0.393 e. The highest BCUT2D eigenvalue weighted by Gasteiger charge is 2.46. The smallest absolute Gasteiger partial charge is 0.393 e. The highest BCUT2D eigenvalue weighted by molar-refractivity contribution is 5.73. The second kappa shape index (κ2) is 10.1. The van der Waals surface area contributed by atoms with Crippen molar-refractivity contribution in [2.45, 2.75) is 75.4 Å². The average Bonchev–Trinajstić information content (AvgIpc) is 2.74. The molecule has 1 fully saturated rings. The van der Waals surface area contributed by atoms with E-state index < -0.39 is 36.2 Å². The van der Waals surface area contributed by atoms with Gasteiger partial charge in [0.1, 0.15) is 11.4 Å². The number of pyridine rings is 1. The van der Waals surface area contributed by atoms with Gasteiger partial charge in [0.15, 0.2) is 0 Å². The van der Waals surface area contributed by atoms with E-state index in [-0.39, 0.29) is 30.5 Å². The lowest BCUT2D eigenvalue weighted by Crippen LogP contribution is -2.52. The van der Waals surface area contributed by atoms with Gasteiger partial charge in [-0.1, -0.05) is 12.1 Å². The molecule has 10 heteroatoms. The Morgan fingerprint density at radius 3 is 2.69 bits per heavy atom. The third kappa shape index (κ3) is 6.49. The Labute approximate surface area is 201 Å². The van der Waals surface area contributed by atoms with Gasteiger partial charge in [0.05, 0.1) is 18.6 Å². The number of nitrogens with one attached hydrogen (secondary N) is 2. The van der Waals surface area contributed by atoms with Gasteiger partial charge in [0.2, 0.25) is 11.8 Å². The largest absolute Gasteiger partial charge is 0.471 e. The highest BCUT2D eigenvalue weighted by atomic mass is 19.4. The molecule has 1 amide bonds. The van der Waals surface area contributed by atoms with Crippen LogP contribution in [0.3, 0.4) is 0 Å². The van der Waals surface area contributed by atoms with E-state index in [0.717, 1.165) is 19.3 Å². The Kier molecular flexibility index (Phi) is 7.32. The molecule has 0 unspecified atom stereocenters.